The van der Waals surface area contributed by atoms with Gasteiger partial charge in [-0.2, -0.15) is 0 Å². The number of amides is 2. The second-order valence-electron chi connectivity index (χ2n) is 7.17. The van der Waals surface area contributed by atoms with Crippen LogP contribution in [0.3, 0.4) is 0 Å². The summed E-state index contributed by atoms with van der Waals surface area (Å²) in [6, 6.07) is 23.7. The van der Waals surface area contributed by atoms with Gasteiger partial charge < -0.3 is 10.4 Å². The van der Waals surface area contributed by atoms with E-state index in [9.17, 15) is 19.5 Å². The Labute approximate surface area is 179 Å². The molecule has 1 heterocycles. The number of anilines is 2. The third-order valence-electron chi connectivity index (χ3n) is 5.07. The highest BCUT2D eigenvalue weighted by atomic mass is 16.3. The lowest BCUT2D eigenvalue weighted by Gasteiger charge is -2.25. The van der Waals surface area contributed by atoms with Gasteiger partial charge in [0.15, 0.2) is 0 Å². The molecule has 1 aliphatic heterocycles. The Morgan fingerprint density at radius 2 is 1.45 bits per heavy atom. The van der Waals surface area contributed by atoms with E-state index in [1.165, 1.54) is 11.8 Å². The van der Waals surface area contributed by atoms with Crippen molar-refractivity contribution in [3.63, 3.8) is 0 Å². The number of rotatable bonds is 4. The van der Waals surface area contributed by atoms with Gasteiger partial charge in [0.1, 0.15) is 5.76 Å². The average molecular weight is 412 g/mol. The lowest BCUT2D eigenvalue weighted by Crippen LogP contribution is -2.29. The standard InChI is InChI=1S/C25H20N2O4/c1-16(28)26-19-12-14-20(15-13-19)27-22(17-8-4-2-5-9-17)21(24(30)25(27)31)23(29)18-10-6-3-7-11-18/h2-15,22,29H,1H3,(H,26,28)/t22-/m1/s1. The van der Waals surface area contributed by atoms with Gasteiger partial charge in [0.2, 0.25) is 5.91 Å². The number of aliphatic hydroxyl groups is 1. The van der Waals surface area contributed by atoms with Crippen molar-refractivity contribution in [2.45, 2.75) is 13.0 Å². The molecule has 6 nitrogen and oxygen atoms in total. The zero-order valence-electron chi connectivity index (χ0n) is 16.8. The number of nitrogens with one attached hydrogen (secondary N) is 1. The predicted molar refractivity (Wildman–Crippen MR) is 118 cm³/mol. The van der Waals surface area contributed by atoms with Crippen LogP contribution in [0.25, 0.3) is 5.76 Å². The fourth-order valence-electron chi connectivity index (χ4n) is 3.71. The van der Waals surface area contributed by atoms with E-state index in [2.05, 4.69) is 5.32 Å². The van der Waals surface area contributed by atoms with Crippen molar-refractivity contribution in [3.8, 4) is 0 Å². The minimum Gasteiger partial charge on any atom is -0.507 e. The van der Waals surface area contributed by atoms with Crippen molar-refractivity contribution < 1.29 is 19.5 Å². The Hall–Kier alpha value is -4.19. The molecule has 0 aliphatic carbocycles. The highest BCUT2D eigenvalue weighted by Gasteiger charge is 2.46. The molecule has 3 aromatic rings. The number of hydrogen-bond donors (Lipinski definition) is 2. The zero-order valence-corrected chi connectivity index (χ0v) is 16.8. The largest absolute Gasteiger partial charge is 0.507 e. The van der Waals surface area contributed by atoms with Gasteiger partial charge in [0, 0.05) is 23.9 Å². The van der Waals surface area contributed by atoms with Gasteiger partial charge in [0.25, 0.3) is 11.7 Å². The molecule has 0 aromatic heterocycles. The van der Waals surface area contributed by atoms with Crippen LogP contribution >= 0.6 is 0 Å². The van der Waals surface area contributed by atoms with Crippen LogP contribution in [0.2, 0.25) is 0 Å². The first-order chi connectivity index (χ1) is 15.0. The summed E-state index contributed by atoms with van der Waals surface area (Å²) in [4.78, 5) is 38.8. The quantitative estimate of drug-likeness (QED) is 0.381. The molecule has 2 N–H and O–H groups in total. The SMILES string of the molecule is CC(=O)Nc1ccc(N2C(=O)C(=O)C(=C(O)c3ccccc3)[C@H]2c2ccccc2)cc1. The summed E-state index contributed by atoms with van der Waals surface area (Å²) in [6.45, 7) is 1.41. The molecule has 3 aromatic carbocycles. The minimum atomic E-state index is -0.784. The van der Waals surface area contributed by atoms with E-state index >= 15 is 0 Å². The summed E-state index contributed by atoms with van der Waals surface area (Å²) in [7, 11) is 0. The normalized spacial score (nSPS) is 17.6. The van der Waals surface area contributed by atoms with Crippen molar-refractivity contribution in [2.75, 3.05) is 10.2 Å². The van der Waals surface area contributed by atoms with E-state index < -0.39 is 17.7 Å². The van der Waals surface area contributed by atoms with Crippen molar-refractivity contribution in [3.05, 3.63) is 102 Å². The molecule has 154 valence electrons. The Kier molecular flexibility index (Phi) is 5.37. The van der Waals surface area contributed by atoms with E-state index in [4.69, 9.17) is 0 Å². The zero-order chi connectivity index (χ0) is 22.0. The molecular formula is C25H20N2O4. The number of aliphatic hydroxyl groups excluding tert-OH is 1. The summed E-state index contributed by atoms with van der Waals surface area (Å²) in [6.07, 6.45) is 0. The number of nitrogens with zero attached hydrogens (tertiary/aromatic N) is 1. The molecule has 1 aliphatic rings. The van der Waals surface area contributed by atoms with Crippen LogP contribution < -0.4 is 10.2 Å². The van der Waals surface area contributed by atoms with Crippen LogP contribution in [0, 0.1) is 0 Å². The number of carbonyl (C=O) groups is 3. The molecule has 31 heavy (non-hydrogen) atoms. The first kappa shape index (κ1) is 20.1. The van der Waals surface area contributed by atoms with Crippen molar-refractivity contribution in [1.82, 2.24) is 0 Å². The molecule has 0 bridgehead atoms. The molecular weight excluding hydrogens is 392 g/mol. The van der Waals surface area contributed by atoms with Crippen LogP contribution in [-0.4, -0.2) is 22.7 Å². The number of ketones is 1. The Morgan fingerprint density at radius 1 is 0.871 bits per heavy atom. The third-order valence-corrected chi connectivity index (χ3v) is 5.07. The molecule has 0 spiro atoms. The fourth-order valence-corrected chi connectivity index (χ4v) is 3.71. The maximum absolute atomic E-state index is 13.1. The van der Waals surface area contributed by atoms with Crippen LogP contribution in [0.5, 0.6) is 0 Å². The van der Waals surface area contributed by atoms with E-state index in [1.54, 1.807) is 54.6 Å². The molecule has 6 heteroatoms. The first-order valence-corrected chi connectivity index (χ1v) is 9.76. The van der Waals surface area contributed by atoms with E-state index in [0.717, 1.165) is 0 Å². The molecule has 0 unspecified atom stereocenters. The maximum Gasteiger partial charge on any atom is 0.300 e. The van der Waals surface area contributed by atoms with Crippen molar-refractivity contribution in [1.29, 1.82) is 0 Å². The fraction of sp³-hybridized carbons (Fsp3) is 0.0800. The number of hydrogen-bond acceptors (Lipinski definition) is 4. The van der Waals surface area contributed by atoms with E-state index in [-0.39, 0.29) is 17.2 Å². The van der Waals surface area contributed by atoms with Crippen LogP contribution in [0.4, 0.5) is 11.4 Å². The van der Waals surface area contributed by atoms with Gasteiger partial charge in [-0.15, -0.1) is 0 Å². The van der Waals surface area contributed by atoms with Gasteiger partial charge in [-0.3, -0.25) is 19.3 Å². The Bertz CT molecular complexity index is 1170. The van der Waals surface area contributed by atoms with Crippen molar-refractivity contribution in [2.24, 2.45) is 0 Å². The van der Waals surface area contributed by atoms with E-state index in [0.29, 0.717) is 22.5 Å². The van der Waals surface area contributed by atoms with Gasteiger partial charge >= 0.3 is 0 Å². The first-order valence-electron chi connectivity index (χ1n) is 9.76. The summed E-state index contributed by atoms with van der Waals surface area (Å²) in [5, 5.41) is 13.7. The molecule has 0 saturated carbocycles. The smallest absolute Gasteiger partial charge is 0.300 e. The van der Waals surface area contributed by atoms with Crippen LogP contribution in [0.15, 0.2) is 90.5 Å². The van der Waals surface area contributed by atoms with Crippen molar-refractivity contribution >= 4 is 34.7 Å². The molecule has 1 saturated heterocycles. The highest BCUT2D eigenvalue weighted by molar-refractivity contribution is 6.51. The lowest BCUT2D eigenvalue weighted by molar-refractivity contribution is -0.132. The lowest BCUT2D eigenvalue weighted by atomic mass is 9.95. The number of benzene rings is 3. The topological polar surface area (TPSA) is 86.7 Å². The third kappa shape index (κ3) is 3.83. The van der Waals surface area contributed by atoms with Gasteiger partial charge in [-0.1, -0.05) is 60.7 Å². The van der Waals surface area contributed by atoms with Crippen LogP contribution in [-0.2, 0) is 14.4 Å². The maximum atomic E-state index is 13.1. The molecule has 4 rings (SSSR count). The monoisotopic (exact) mass is 412 g/mol. The predicted octanol–water partition coefficient (Wildman–Crippen LogP) is 4.27. The summed E-state index contributed by atoms with van der Waals surface area (Å²) in [5.41, 5.74) is 2.26. The summed E-state index contributed by atoms with van der Waals surface area (Å²) in [5.74, 6) is -1.90. The molecule has 2 amide bonds. The Morgan fingerprint density at radius 3 is 2.03 bits per heavy atom. The van der Waals surface area contributed by atoms with Gasteiger partial charge in [-0.25, -0.2) is 0 Å². The minimum absolute atomic E-state index is 0.0355. The number of Topliss-reactive ketones (excluding diaryl/α,β-unsaturated/α-hetero) is 1. The molecule has 1 fully saturated rings. The average Bonchev–Trinajstić information content (AvgIpc) is 3.05. The van der Waals surface area contributed by atoms with E-state index in [1.807, 2.05) is 30.3 Å². The van der Waals surface area contributed by atoms with Gasteiger partial charge in [0.05, 0.1) is 11.6 Å². The Balaban J connectivity index is 1.86. The van der Waals surface area contributed by atoms with Crippen LogP contribution in [0.1, 0.15) is 24.1 Å². The number of carbonyl (C=O) groups excluding carboxylic acids is 3. The second kappa shape index (κ2) is 8.28. The highest BCUT2D eigenvalue weighted by Crippen LogP contribution is 2.42. The molecule has 0 radical (unpaired) electrons. The second-order valence-corrected chi connectivity index (χ2v) is 7.17. The van der Waals surface area contributed by atoms with Gasteiger partial charge in [-0.05, 0) is 29.8 Å². The summed E-state index contributed by atoms with van der Waals surface area (Å²) < 4.78 is 0. The molecule has 1 atom stereocenters. The summed E-state index contributed by atoms with van der Waals surface area (Å²) >= 11 is 0.